The van der Waals surface area contributed by atoms with E-state index < -0.39 is 21.7 Å². The summed E-state index contributed by atoms with van der Waals surface area (Å²) in [4.78, 5) is 14.4. The number of carbonyl (C=O) groups is 1. The Hall–Kier alpha value is -1.03. The van der Waals surface area contributed by atoms with Crippen LogP contribution in [0.15, 0.2) is 9.72 Å². The number of aromatic nitrogens is 1. The molecule has 0 aliphatic carbocycles. The van der Waals surface area contributed by atoms with Gasteiger partial charge in [0.1, 0.15) is 0 Å². The highest BCUT2D eigenvalue weighted by atomic mass is 32.2. The van der Waals surface area contributed by atoms with Crippen molar-refractivity contribution in [2.24, 2.45) is 0 Å². The van der Waals surface area contributed by atoms with Crippen LogP contribution in [0.1, 0.15) is 36.7 Å². The topological polar surface area (TPSA) is 106 Å². The lowest BCUT2D eigenvalue weighted by Crippen LogP contribution is -2.26. The van der Waals surface area contributed by atoms with E-state index >= 15 is 0 Å². The van der Waals surface area contributed by atoms with Gasteiger partial charge in [0.05, 0.1) is 5.51 Å². The number of unbranched alkanes of at least 4 members (excludes halogenated alkanes) is 1. The first kappa shape index (κ1) is 17.0. The lowest BCUT2D eigenvalue weighted by molar-refractivity contribution is 0.0687. The second-order valence-electron chi connectivity index (χ2n) is 4.01. The first-order valence-electron chi connectivity index (χ1n) is 6.23. The summed E-state index contributed by atoms with van der Waals surface area (Å²) < 4.78 is 31.2. The second kappa shape index (κ2) is 8.30. The minimum atomic E-state index is -3.82. The SMILES string of the molecule is CCCCOCCCNS(=O)(=O)c1scnc1C(=O)O. The fourth-order valence-electron chi connectivity index (χ4n) is 1.36. The van der Waals surface area contributed by atoms with E-state index in [1.807, 2.05) is 0 Å². The van der Waals surface area contributed by atoms with Crippen molar-refractivity contribution in [3.05, 3.63) is 11.2 Å². The Morgan fingerprint density at radius 2 is 2.15 bits per heavy atom. The molecule has 0 saturated carbocycles. The Labute approximate surface area is 122 Å². The van der Waals surface area contributed by atoms with E-state index in [0.717, 1.165) is 24.2 Å². The number of aromatic carboxylic acids is 1. The van der Waals surface area contributed by atoms with E-state index in [0.29, 0.717) is 19.6 Å². The Balaban J connectivity index is 2.42. The lowest BCUT2D eigenvalue weighted by atomic mass is 10.4. The molecule has 0 saturated heterocycles. The first-order chi connectivity index (χ1) is 9.49. The van der Waals surface area contributed by atoms with Gasteiger partial charge in [0.15, 0.2) is 9.90 Å². The lowest BCUT2D eigenvalue weighted by Gasteiger charge is -2.06. The van der Waals surface area contributed by atoms with Gasteiger partial charge >= 0.3 is 5.97 Å². The number of carboxylic acids is 1. The number of hydrogen-bond acceptors (Lipinski definition) is 6. The molecule has 1 rings (SSSR count). The Kier molecular flexibility index (Phi) is 7.06. The van der Waals surface area contributed by atoms with E-state index in [9.17, 15) is 13.2 Å². The molecule has 0 aliphatic heterocycles. The highest BCUT2D eigenvalue weighted by Crippen LogP contribution is 2.19. The molecule has 7 nitrogen and oxygen atoms in total. The minimum absolute atomic E-state index is 0.200. The van der Waals surface area contributed by atoms with Crippen LogP contribution < -0.4 is 4.72 Å². The van der Waals surface area contributed by atoms with Gasteiger partial charge in [-0.15, -0.1) is 11.3 Å². The number of ether oxygens (including phenoxy) is 1. The molecule has 0 aromatic carbocycles. The van der Waals surface area contributed by atoms with Crippen LogP contribution in [0.3, 0.4) is 0 Å². The molecule has 0 atom stereocenters. The van der Waals surface area contributed by atoms with E-state index in [-0.39, 0.29) is 10.8 Å². The summed E-state index contributed by atoms with van der Waals surface area (Å²) in [6.45, 7) is 3.40. The van der Waals surface area contributed by atoms with Crippen LogP contribution >= 0.6 is 11.3 Å². The Morgan fingerprint density at radius 3 is 2.80 bits per heavy atom. The molecule has 0 bridgehead atoms. The monoisotopic (exact) mass is 322 g/mol. The number of thiazole rings is 1. The molecule has 0 aliphatic rings. The van der Waals surface area contributed by atoms with Crippen molar-refractivity contribution in [3.8, 4) is 0 Å². The molecule has 0 amide bonds. The molecule has 0 radical (unpaired) electrons. The van der Waals surface area contributed by atoms with Crippen molar-refractivity contribution in [2.75, 3.05) is 19.8 Å². The molecule has 0 spiro atoms. The zero-order chi connectivity index (χ0) is 15.0. The average Bonchev–Trinajstić information content (AvgIpc) is 2.88. The summed E-state index contributed by atoms with van der Waals surface area (Å²) in [6.07, 6.45) is 2.56. The standard InChI is InChI=1S/C11H18N2O5S2/c1-2-3-6-18-7-4-5-13-20(16,17)11-9(10(14)15)12-8-19-11/h8,13H,2-7H2,1H3,(H,14,15). The van der Waals surface area contributed by atoms with Gasteiger partial charge < -0.3 is 9.84 Å². The number of nitrogens with zero attached hydrogens (tertiary/aromatic N) is 1. The van der Waals surface area contributed by atoms with Crippen molar-refractivity contribution in [2.45, 2.75) is 30.4 Å². The third-order valence-electron chi connectivity index (χ3n) is 2.38. The maximum Gasteiger partial charge on any atom is 0.356 e. The Morgan fingerprint density at radius 1 is 1.45 bits per heavy atom. The molecular formula is C11H18N2O5S2. The van der Waals surface area contributed by atoms with Crippen LogP contribution in [-0.4, -0.2) is 44.2 Å². The molecule has 1 heterocycles. The smallest absolute Gasteiger partial charge is 0.356 e. The highest BCUT2D eigenvalue weighted by Gasteiger charge is 2.25. The summed E-state index contributed by atoms with van der Waals surface area (Å²) in [6, 6.07) is 0. The molecule has 20 heavy (non-hydrogen) atoms. The molecule has 1 aromatic heterocycles. The fraction of sp³-hybridized carbons (Fsp3) is 0.636. The zero-order valence-corrected chi connectivity index (χ0v) is 12.8. The van der Waals surface area contributed by atoms with Crippen molar-refractivity contribution in [1.29, 1.82) is 0 Å². The quantitative estimate of drug-likeness (QED) is 0.629. The van der Waals surface area contributed by atoms with Crippen molar-refractivity contribution in [3.63, 3.8) is 0 Å². The molecule has 1 aromatic rings. The van der Waals surface area contributed by atoms with Crippen molar-refractivity contribution in [1.82, 2.24) is 9.71 Å². The van der Waals surface area contributed by atoms with Crippen molar-refractivity contribution < 1.29 is 23.1 Å². The first-order valence-corrected chi connectivity index (χ1v) is 8.59. The van der Waals surface area contributed by atoms with Crippen LogP contribution in [0.4, 0.5) is 0 Å². The fourth-order valence-corrected chi connectivity index (χ4v) is 3.62. The van der Waals surface area contributed by atoms with Crippen LogP contribution in [0, 0.1) is 0 Å². The maximum absolute atomic E-state index is 11.9. The highest BCUT2D eigenvalue weighted by molar-refractivity contribution is 7.91. The normalized spacial score (nSPS) is 11.7. The number of nitrogens with one attached hydrogen (secondary N) is 1. The third-order valence-corrected chi connectivity index (χ3v) is 5.21. The van der Waals surface area contributed by atoms with E-state index in [1.54, 1.807) is 0 Å². The van der Waals surface area contributed by atoms with E-state index in [2.05, 4.69) is 16.6 Å². The van der Waals surface area contributed by atoms with Gasteiger partial charge in [-0.25, -0.2) is 22.9 Å². The average molecular weight is 322 g/mol. The maximum atomic E-state index is 11.9. The summed E-state index contributed by atoms with van der Waals surface area (Å²) >= 11 is 0.786. The third kappa shape index (κ3) is 5.16. The summed E-state index contributed by atoms with van der Waals surface area (Å²) in [5.41, 5.74) is 0.757. The summed E-state index contributed by atoms with van der Waals surface area (Å²) in [7, 11) is -3.82. The molecule has 0 fully saturated rings. The number of hydrogen-bond donors (Lipinski definition) is 2. The van der Waals surface area contributed by atoms with Gasteiger partial charge in [0.25, 0.3) is 10.0 Å². The second-order valence-corrected chi connectivity index (χ2v) is 6.83. The predicted molar refractivity (Wildman–Crippen MR) is 74.6 cm³/mol. The number of carboxylic acid groups (broad SMARTS) is 1. The van der Waals surface area contributed by atoms with Gasteiger partial charge in [-0.3, -0.25) is 0 Å². The largest absolute Gasteiger partial charge is 0.476 e. The van der Waals surface area contributed by atoms with Crippen LogP contribution in [-0.2, 0) is 14.8 Å². The Bertz CT molecular complexity index is 527. The molecule has 9 heteroatoms. The van der Waals surface area contributed by atoms with Gasteiger partial charge in [-0.05, 0) is 12.8 Å². The minimum Gasteiger partial charge on any atom is -0.476 e. The molecule has 0 unspecified atom stereocenters. The van der Waals surface area contributed by atoms with Gasteiger partial charge in [0, 0.05) is 19.8 Å². The molecule has 114 valence electrons. The molecular weight excluding hydrogens is 304 g/mol. The van der Waals surface area contributed by atoms with Crippen LogP contribution in [0.5, 0.6) is 0 Å². The van der Waals surface area contributed by atoms with Gasteiger partial charge in [-0.1, -0.05) is 13.3 Å². The van der Waals surface area contributed by atoms with E-state index in [4.69, 9.17) is 9.84 Å². The number of sulfonamides is 1. The predicted octanol–water partition coefficient (Wildman–Crippen LogP) is 1.33. The zero-order valence-electron chi connectivity index (χ0n) is 11.2. The summed E-state index contributed by atoms with van der Waals surface area (Å²) in [5.74, 6) is -1.35. The van der Waals surface area contributed by atoms with E-state index in [1.165, 1.54) is 5.51 Å². The number of rotatable bonds is 10. The van der Waals surface area contributed by atoms with Gasteiger partial charge in [-0.2, -0.15) is 0 Å². The van der Waals surface area contributed by atoms with Crippen LogP contribution in [0.2, 0.25) is 0 Å². The summed E-state index contributed by atoms with van der Waals surface area (Å²) in [5, 5.41) is 8.84. The van der Waals surface area contributed by atoms with Crippen molar-refractivity contribution >= 4 is 27.3 Å². The van der Waals surface area contributed by atoms with Gasteiger partial charge in [0.2, 0.25) is 0 Å². The molecule has 2 N–H and O–H groups in total. The van der Waals surface area contributed by atoms with Crippen LogP contribution in [0.25, 0.3) is 0 Å².